The summed E-state index contributed by atoms with van der Waals surface area (Å²) in [5.74, 6) is -0.458. The molecular weight excluding hydrogens is 372 g/mol. The molecule has 0 N–H and O–H groups in total. The van der Waals surface area contributed by atoms with Crippen LogP contribution in [0.1, 0.15) is 29.0 Å². The minimum absolute atomic E-state index is 0.131. The molecule has 2 heterocycles. The minimum Gasteiger partial charge on any atom is -0.456 e. The van der Waals surface area contributed by atoms with E-state index in [0.29, 0.717) is 25.9 Å². The number of carbonyl (C=O) groups excluding carboxylic acids is 2. The topological polar surface area (TPSA) is 59.5 Å². The second kappa shape index (κ2) is 8.52. The highest BCUT2D eigenvalue weighted by atomic mass is 32.1. The van der Waals surface area contributed by atoms with Crippen LogP contribution in [0, 0.1) is 0 Å². The number of esters is 1. The van der Waals surface area contributed by atoms with Gasteiger partial charge in [-0.05, 0) is 42.5 Å². The Hall–Kier alpha value is -2.73. The van der Waals surface area contributed by atoms with Gasteiger partial charge in [0.25, 0.3) is 5.91 Å². The number of hydrogen-bond donors (Lipinski definition) is 0. The second-order valence-corrected chi connectivity index (χ2v) is 8.04. The summed E-state index contributed by atoms with van der Waals surface area (Å²) in [6, 6.07) is 16.2. The lowest BCUT2D eigenvalue weighted by Gasteiger charge is -2.28. The molecule has 1 aliphatic heterocycles. The van der Waals surface area contributed by atoms with Crippen molar-refractivity contribution in [2.45, 2.75) is 32.2 Å². The van der Waals surface area contributed by atoms with Gasteiger partial charge in [0.2, 0.25) is 0 Å². The molecule has 28 heavy (non-hydrogen) atoms. The fourth-order valence-electron chi connectivity index (χ4n) is 3.43. The van der Waals surface area contributed by atoms with Crippen molar-refractivity contribution in [3.63, 3.8) is 0 Å². The molecule has 6 heteroatoms. The Morgan fingerprint density at radius 2 is 1.86 bits per heavy atom. The second-order valence-electron chi connectivity index (χ2n) is 6.92. The Bertz CT molecular complexity index is 965. The number of aryl methyl sites for hydroxylation is 1. The lowest BCUT2D eigenvalue weighted by Crippen LogP contribution is -2.38. The smallest absolute Gasteiger partial charge is 0.306 e. The zero-order valence-corrected chi connectivity index (χ0v) is 16.4. The van der Waals surface area contributed by atoms with Crippen molar-refractivity contribution < 1.29 is 14.3 Å². The third kappa shape index (κ3) is 4.39. The van der Waals surface area contributed by atoms with E-state index in [2.05, 4.69) is 17.1 Å². The largest absolute Gasteiger partial charge is 0.456 e. The summed E-state index contributed by atoms with van der Waals surface area (Å²) in [6.45, 7) is 1.08. The fraction of sp³-hybridized carbons (Fsp3) is 0.318. The summed E-state index contributed by atoms with van der Waals surface area (Å²) in [5.41, 5.74) is 3.46. The average molecular weight is 394 g/mol. The maximum atomic E-state index is 12.3. The minimum atomic E-state index is -0.327. The van der Waals surface area contributed by atoms with Crippen LogP contribution in [0.4, 0.5) is 0 Å². The van der Waals surface area contributed by atoms with E-state index < -0.39 is 0 Å². The molecule has 0 fully saturated rings. The van der Waals surface area contributed by atoms with Crippen LogP contribution in [0.5, 0.6) is 0 Å². The number of carbonyl (C=O) groups is 2. The van der Waals surface area contributed by atoms with E-state index in [9.17, 15) is 9.59 Å². The van der Waals surface area contributed by atoms with Crippen LogP contribution in [0.15, 0.2) is 48.5 Å². The number of fused-ring (bicyclic) bond motifs is 2. The van der Waals surface area contributed by atoms with Crippen molar-refractivity contribution in [1.82, 2.24) is 9.88 Å². The van der Waals surface area contributed by atoms with E-state index in [1.807, 2.05) is 36.4 Å². The first kappa shape index (κ1) is 18.6. The highest BCUT2D eigenvalue weighted by Crippen LogP contribution is 2.23. The molecule has 144 valence electrons. The number of para-hydroxylation sites is 1. The molecular formula is C22H22N2O3S. The lowest BCUT2D eigenvalue weighted by atomic mass is 10.00. The molecule has 0 saturated carbocycles. The standard InChI is InChI=1S/C22H22N2O3S/c25-21(24-13-12-16-6-1-2-7-17(16)14-24)15-27-22(26)11-5-10-20-23-18-8-3-4-9-19(18)28-20/h1-4,6-9H,5,10-15H2. The molecule has 1 aliphatic rings. The van der Waals surface area contributed by atoms with E-state index >= 15 is 0 Å². The molecule has 4 rings (SSSR count). The normalized spacial score (nSPS) is 13.4. The molecule has 0 radical (unpaired) electrons. The molecule has 0 saturated heterocycles. The molecule has 0 atom stereocenters. The van der Waals surface area contributed by atoms with Crippen LogP contribution in [0.2, 0.25) is 0 Å². The summed E-state index contributed by atoms with van der Waals surface area (Å²) in [5, 5.41) is 1.03. The molecule has 3 aromatic rings. The number of ether oxygens (including phenoxy) is 1. The summed E-state index contributed by atoms with van der Waals surface area (Å²) in [7, 11) is 0. The zero-order valence-electron chi connectivity index (χ0n) is 15.6. The zero-order chi connectivity index (χ0) is 19.3. The summed E-state index contributed by atoms with van der Waals surface area (Å²) < 4.78 is 6.36. The van der Waals surface area contributed by atoms with Gasteiger partial charge in [-0.15, -0.1) is 11.3 Å². The Labute approximate surface area is 168 Å². The van der Waals surface area contributed by atoms with Crippen LogP contribution in [-0.4, -0.2) is 34.9 Å². The third-order valence-corrected chi connectivity index (χ3v) is 6.05. The maximum Gasteiger partial charge on any atom is 0.306 e. The monoisotopic (exact) mass is 394 g/mol. The number of thiazole rings is 1. The van der Waals surface area contributed by atoms with E-state index in [4.69, 9.17) is 4.74 Å². The molecule has 0 spiro atoms. The summed E-state index contributed by atoms with van der Waals surface area (Å²) >= 11 is 1.66. The fourth-order valence-corrected chi connectivity index (χ4v) is 4.43. The number of amides is 1. The quantitative estimate of drug-likeness (QED) is 0.598. The van der Waals surface area contributed by atoms with Crippen molar-refractivity contribution in [3.05, 3.63) is 64.7 Å². The summed E-state index contributed by atoms with van der Waals surface area (Å²) in [6.07, 6.45) is 2.55. The summed E-state index contributed by atoms with van der Waals surface area (Å²) in [4.78, 5) is 30.7. The Balaban J connectivity index is 1.20. The van der Waals surface area contributed by atoms with Crippen molar-refractivity contribution in [2.24, 2.45) is 0 Å². The number of hydrogen-bond acceptors (Lipinski definition) is 5. The van der Waals surface area contributed by atoms with Crippen LogP contribution in [0.25, 0.3) is 10.2 Å². The number of aromatic nitrogens is 1. The van der Waals surface area contributed by atoms with Gasteiger partial charge >= 0.3 is 5.97 Å². The number of nitrogens with zero attached hydrogens (tertiary/aromatic N) is 2. The highest BCUT2D eigenvalue weighted by Gasteiger charge is 2.21. The van der Waals surface area contributed by atoms with E-state index in [1.54, 1.807) is 16.2 Å². The molecule has 0 aliphatic carbocycles. The van der Waals surface area contributed by atoms with Gasteiger partial charge in [0.15, 0.2) is 6.61 Å². The van der Waals surface area contributed by atoms with Crippen molar-refractivity contribution >= 4 is 33.4 Å². The van der Waals surface area contributed by atoms with E-state index in [0.717, 1.165) is 28.1 Å². The van der Waals surface area contributed by atoms with Gasteiger partial charge in [-0.3, -0.25) is 9.59 Å². The van der Waals surface area contributed by atoms with Crippen molar-refractivity contribution in [3.8, 4) is 0 Å². The first-order valence-electron chi connectivity index (χ1n) is 9.54. The predicted molar refractivity (Wildman–Crippen MR) is 109 cm³/mol. The Morgan fingerprint density at radius 1 is 1.07 bits per heavy atom. The van der Waals surface area contributed by atoms with Gasteiger partial charge in [-0.2, -0.15) is 0 Å². The van der Waals surface area contributed by atoms with Gasteiger partial charge in [-0.1, -0.05) is 36.4 Å². The first-order chi connectivity index (χ1) is 13.7. The maximum absolute atomic E-state index is 12.3. The number of rotatable bonds is 6. The van der Waals surface area contributed by atoms with E-state index in [-0.39, 0.29) is 18.5 Å². The average Bonchev–Trinajstić information content (AvgIpc) is 3.14. The number of benzene rings is 2. The third-order valence-electron chi connectivity index (χ3n) is 4.95. The molecule has 0 unspecified atom stereocenters. The van der Waals surface area contributed by atoms with Gasteiger partial charge in [0.1, 0.15) is 0 Å². The Morgan fingerprint density at radius 3 is 2.71 bits per heavy atom. The molecule has 1 aromatic heterocycles. The molecule has 5 nitrogen and oxygen atoms in total. The molecule has 1 amide bonds. The van der Waals surface area contributed by atoms with Crippen LogP contribution in [0.3, 0.4) is 0 Å². The highest BCUT2D eigenvalue weighted by molar-refractivity contribution is 7.18. The van der Waals surface area contributed by atoms with Crippen LogP contribution < -0.4 is 0 Å². The van der Waals surface area contributed by atoms with Gasteiger partial charge < -0.3 is 9.64 Å². The predicted octanol–water partition coefficient (Wildman–Crippen LogP) is 3.75. The molecule has 0 bridgehead atoms. The van der Waals surface area contributed by atoms with Gasteiger partial charge in [0.05, 0.1) is 15.2 Å². The van der Waals surface area contributed by atoms with E-state index in [1.165, 1.54) is 11.1 Å². The van der Waals surface area contributed by atoms with Gasteiger partial charge in [-0.25, -0.2) is 4.98 Å². The van der Waals surface area contributed by atoms with Crippen LogP contribution in [-0.2, 0) is 33.7 Å². The van der Waals surface area contributed by atoms with Crippen molar-refractivity contribution in [1.29, 1.82) is 0 Å². The SMILES string of the molecule is O=C(CCCc1nc2ccccc2s1)OCC(=O)N1CCc2ccccc2C1. The van der Waals surface area contributed by atoms with Crippen LogP contribution >= 0.6 is 11.3 Å². The first-order valence-corrected chi connectivity index (χ1v) is 10.4. The van der Waals surface area contributed by atoms with Gasteiger partial charge in [0, 0.05) is 19.5 Å². The molecule has 2 aromatic carbocycles. The van der Waals surface area contributed by atoms with Crippen molar-refractivity contribution in [2.75, 3.05) is 13.2 Å². The Kier molecular flexibility index (Phi) is 5.67. The lowest BCUT2D eigenvalue weighted by molar-refractivity contribution is -0.152.